The van der Waals surface area contributed by atoms with Crippen molar-refractivity contribution in [2.75, 3.05) is 20.3 Å². The van der Waals surface area contributed by atoms with E-state index in [1.165, 1.54) is 0 Å². The van der Waals surface area contributed by atoms with Gasteiger partial charge in [0.2, 0.25) is 0 Å². The lowest BCUT2D eigenvalue weighted by atomic mass is 10.2. The summed E-state index contributed by atoms with van der Waals surface area (Å²) in [5, 5.41) is 6.03. The first kappa shape index (κ1) is 16.3. The molecule has 0 heterocycles. The molecule has 0 aromatic heterocycles. The Morgan fingerprint density at radius 3 is 2.70 bits per heavy atom. The minimum Gasteiger partial charge on any atom is -0.497 e. The fourth-order valence-electron chi connectivity index (χ4n) is 1.73. The summed E-state index contributed by atoms with van der Waals surface area (Å²) in [7, 11) is 1.63. The van der Waals surface area contributed by atoms with Crippen molar-refractivity contribution in [3.63, 3.8) is 0 Å². The van der Waals surface area contributed by atoms with Crippen molar-refractivity contribution in [1.82, 2.24) is 10.6 Å². The molecular formula is C15H24N2O3. The highest BCUT2D eigenvalue weighted by molar-refractivity contribution is 5.77. The smallest absolute Gasteiger partial charge is 0.258 e. The molecule has 1 amide bonds. The Labute approximate surface area is 120 Å². The number of carbonyl (C=O) groups is 1. The van der Waals surface area contributed by atoms with Gasteiger partial charge in [-0.1, -0.05) is 6.92 Å². The number of nitrogens with one attached hydrogen (secondary N) is 2. The van der Waals surface area contributed by atoms with E-state index in [0.717, 1.165) is 17.9 Å². The van der Waals surface area contributed by atoms with E-state index in [-0.39, 0.29) is 18.6 Å². The van der Waals surface area contributed by atoms with Gasteiger partial charge >= 0.3 is 0 Å². The van der Waals surface area contributed by atoms with Crippen molar-refractivity contribution in [2.45, 2.75) is 33.4 Å². The molecule has 112 valence electrons. The molecule has 1 aromatic rings. The number of hydrogen-bond donors (Lipinski definition) is 2. The third-order valence-corrected chi connectivity index (χ3v) is 2.64. The van der Waals surface area contributed by atoms with Gasteiger partial charge in [0.05, 0.1) is 7.11 Å². The molecule has 0 saturated heterocycles. The molecule has 0 radical (unpaired) electrons. The molecule has 0 spiro atoms. The lowest BCUT2D eigenvalue weighted by molar-refractivity contribution is -0.123. The number of benzene rings is 1. The number of methoxy groups -OCH3 is 1. The van der Waals surface area contributed by atoms with Crippen LogP contribution in [0.25, 0.3) is 0 Å². The summed E-state index contributed by atoms with van der Waals surface area (Å²) in [5.41, 5.74) is 0.976. The van der Waals surface area contributed by atoms with Crippen molar-refractivity contribution < 1.29 is 14.3 Å². The third-order valence-electron chi connectivity index (χ3n) is 2.64. The highest BCUT2D eigenvalue weighted by atomic mass is 16.5. The minimum absolute atomic E-state index is 0.0175. The molecule has 20 heavy (non-hydrogen) atoms. The molecule has 0 saturated carbocycles. The monoisotopic (exact) mass is 280 g/mol. The quantitative estimate of drug-likeness (QED) is 0.761. The van der Waals surface area contributed by atoms with E-state index in [1.54, 1.807) is 7.11 Å². The van der Waals surface area contributed by atoms with Gasteiger partial charge in [0.1, 0.15) is 11.5 Å². The predicted molar refractivity (Wildman–Crippen MR) is 79.1 cm³/mol. The molecule has 0 aliphatic rings. The van der Waals surface area contributed by atoms with E-state index in [4.69, 9.17) is 9.47 Å². The summed E-state index contributed by atoms with van der Waals surface area (Å²) in [6.07, 6.45) is 0. The second-order valence-corrected chi connectivity index (χ2v) is 4.76. The largest absolute Gasteiger partial charge is 0.497 e. The average Bonchev–Trinajstić information content (AvgIpc) is 2.42. The van der Waals surface area contributed by atoms with Crippen LogP contribution in [0.5, 0.6) is 11.5 Å². The zero-order chi connectivity index (χ0) is 15.0. The summed E-state index contributed by atoms with van der Waals surface area (Å²) in [5.74, 6) is 1.35. The Hall–Kier alpha value is -1.75. The van der Waals surface area contributed by atoms with Crippen LogP contribution in [0.15, 0.2) is 18.2 Å². The maximum atomic E-state index is 11.6. The molecule has 0 aliphatic carbocycles. The summed E-state index contributed by atoms with van der Waals surface area (Å²) < 4.78 is 10.8. The van der Waals surface area contributed by atoms with Gasteiger partial charge in [-0.25, -0.2) is 0 Å². The molecule has 0 fully saturated rings. The molecule has 0 atom stereocenters. The molecule has 5 heteroatoms. The van der Waals surface area contributed by atoms with Crippen LogP contribution < -0.4 is 20.1 Å². The predicted octanol–water partition coefficient (Wildman–Crippen LogP) is 1.71. The van der Waals surface area contributed by atoms with Gasteiger partial charge in [-0.05, 0) is 38.6 Å². The van der Waals surface area contributed by atoms with Crippen molar-refractivity contribution >= 4 is 5.91 Å². The number of amides is 1. The van der Waals surface area contributed by atoms with Crippen molar-refractivity contribution in [1.29, 1.82) is 0 Å². The van der Waals surface area contributed by atoms with E-state index in [1.807, 2.05) is 39.0 Å². The van der Waals surface area contributed by atoms with Gasteiger partial charge in [-0.2, -0.15) is 0 Å². The molecule has 2 N–H and O–H groups in total. The zero-order valence-corrected chi connectivity index (χ0v) is 12.7. The van der Waals surface area contributed by atoms with Gasteiger partial charge in [0.15, 0.2) is 6.61 Å². The van der Waals surface area contributed by atoms with Crippen LogP contribution in [0, 0.1) is 0 Å². The Balaban J connectivity index is 2.69. The zero-order valence-electron chi connectivity index (χ0n) is 12.7. The molecule has 5 nitrogen and oxygen atoms in total. The fraction of sp³-hybridized carbons (Fsp3) is 0.533. The summed E-state index contributed by atoms with van der Waals surface area (Å²) in [4.78, 5) is 11.6. The topological polar surface area (TPSA) is 59.6 Å². The molecule has 0 bridgehead atoms. The molecule has 0 unspecified atom stereocenters. The van der Waals surface area contributed by atoms with Gasteiger partial charge in [0, 0.05) is 18.2 Å². The number of carbonyl (C=O) groups excluding carboxylic acids is 1. The van der Waals surface area contributed by atoms with Crippen molar-refractivity contribution in [3.8, 4) is 11.5 Å². The normalized spacial score (nSPS) is 10.4. The van der Waals surface area contributed by atoms with E-state index >= 15 is 0 Å². The summed E-state index contributed by atoms with van der Waals surface area (Å²) in [6.45, 7) is 7.43. The average molecular weight is 280 g/mol. The van der Waals surface area contributed by atoms with Crippen LogP contribution in [0.3, 0.4) is 0 Å². The first-order chi connectivity index (χ1) is 9.56. The van der Waals surface area contributed by atoms with Gasteiger partial charge in [-0.3, -0.25) is 4.79 Å². The van der Waals surface area contributed by atoms with E-state index in [0.29, 0.717) is 12.3 Å². The Morgan fingerprint density at radius 2 is 2.10 bits per heavy atom. The highest BCUT2D eigenvalue weighted by Gasteiger charge is 2.09. The van der Waals surface area contributed by atoms with Crippen LogP contribution >= 0.6 is 0 Å². The third kappa shape index (κ3) is 5.48. The lowest BCUT2D eigenvalue weighted by Crippen LogP contribution is -2.34. The van der Waals surface area contributed by atoms with Crippen LogP contribution in [0.1, 0.15) is 26.3 Å². The fourth-order valence-corrected chi connectivity index (χ4v) is 1.73. The van der Waals surface area contributed by atoms with Gasteiger partial charge in [0.25, 0.3) is 5.91 Å². The minimum atomic E-state index is -0.120. The van der Waals surface area contributed by atoms with E-state index in [9.17, 15) is 4.79 Å². The summed E-state index contributed by atoms with van der Waals surface area (Å²) >= 11 is 0. The summed E-state index contributed by atoms with van der Waals surface area (Å²) in [6, 6.07) is 5.68. The maximum absolute atomic E-state index is 11.6. The van der Waals surface area contributed by atoms with Crippen molar-refractivity contribution in [2.24, 2.45) is 0 Å². The van der Waals surface area contributed by atoms with Crippen molar-refractivity contribution in [3.05, 3.63) is 23.8 Å². The van der Waals surface area contributed by atoms with Crippen LogP contribution in [-0.4, -0.2) is 32.2 Å². The standard InChI is InChI=1S/C15H24N2O3/c1-5-16-9-12-8-13(19-4)6-7-14(12)20-10-15(18)17-11(2)3/h6-8,11,16H,5,9-10H2,1-4H3,(H,17,18). The van der Waals surface area contributed by atoms with Crippen LogP contribution in [-0.2, 0) is 11.3 Å². The Bertz CT molecular complexity index is 433. The van der Waals surface area contributed by atoms with Gasteiger partial charge in [-0.15, -0.1) is 0 Å². The maximum Gasteiger partial charge on any atom is 0.258 e. The van der Waals surface area contributed by atoms with E-state index in [2.05, 4.69) is 10.6 Å². The van der Waals surface area contributed by atoms with Gasteiger partial charge < -0.3 is 20.1 Å². The SMILES string of the molecule is CCNCc1cc(OC)ccc1OCC(=O)NC(C)C. The lowest BCUT2D eigenvalue weighted by Gasteiger charge is -2.14. The molecule has 1 rings (SSSR count). The molecular weight excluding hydrogens is 256 g/mol. The van der Waals surface area contributed by atoms with E-state index < -0.39 is 0 Å². The molecule has 0 aliphatic heterocycles. The number of hydrogen-bond acceptors (Lipinski definition) is 4. The van der Waals surface area contributed by atoms with Crippen LogP contribution in [0.2, 0.25) is 0 Å². The Kier molecular flexibility index (Phi) is 6.87. The Morgan fingerprint density at radius 1 is 1.35 bits per heavy atom. The second kappa shape index (κ2) is 8.43. The second-order valence-electron chi connectivity index (χ2n) is 4.76. The highest BCUT2D eigenvalue weighted by Crippen LogP contribution is 2.24. The molecule has 1 aromatic carbocycles. The van der Waals surface area contributed by atoms with Crippen LogP contribution in [0.4, 0.5) is 0 Å². The number of rotatable bonds is 8. The number of ether oxygens (including phenoxy) is 2. The first-order valence-corrected chi connectivity index (χ1v) is 6.86. The first-order valence-electron chi connectivity index (χ1n) is 6.86.